The summed E-state index contributed by atoms with van der Waals surface area (Å²) in [6, 6.07) is 9.71. The maximum absolute atomic E-state index is 12.8. The lowest BCUT2D eigenvalue weighted by Crippen LogP contribution is -2.17. The molecule has 2 aromatic heterocycles. The van der Waals surface area contributed by atoms with Crippen molar-refractivity contribution in [3.8, 4) is 0 Å². The molecule has 9 nitrogen and oxygen atoms in total. The molecule has 142 valence electrons. The van der Waals surface area contributed by atoms with Crippen LogP contribution >= 0.6 is 7.60 Å². The summed E-state index contributed by atoms with van der Waals surface area (Å²) in [7, 11) is -3.29. The van der Waals surface area contributed by atoms with Gasteiger partial charge in [0, 0.05) is 13.0 Å². The van der Waals surface area contributed by atoms with E-state index in [0.717, 1.165) is 5.56 Å². The molecule has 0 saturated carbocycles. The topological polar surface area (TPSA) is 114 Å². The van der Waals surface area contributed by atoms with Crippen LogP contribution in [0.25, 0.3) is 11.2 Å². The number of nitrogen functional groups attached to an aromatic ring is 1. The molecule has 0 bridgehead atoms. The van der Waals surface area contributed by atoms with Crippen molar-refractivity contribution in [2.75, 3.05) is 25.3 Å². The minimum atomic E-state index is -3.29. The zero-order valence-electron chi connectivity index (χ0n) is 14.6. The molecular weight excluding hydrogens is 369 g/mol. The summed E-state index contributed by atoms with van der Waals surface area (Å²) < 4.78 is 31.3. The number of aromatic nitrogens is 4. The third-order valence-electron chi connectivity index (χ3n) is 4.28. The lowest BCUT2D eigenvalue weighted by molar-refractivity contribution is 0.0563. The largest absolute Gasteiger partial charge is 0.382 e. The number of benzene rings is 1. The van der Waals surface area contributed by atoms with E-state index in [-0.39, 0.29) is 12.5 Å². The predicted octanol–water partition coefficient (Wildman–Crippen LogP) is 2.75. The Morgan fingerprint density at radius 2 is 2.11 bits per heavy atom. The molecule has 4 rings (SSSR count). The molecule has 0 radical (unpaired) electrons. The molecule has 1 aliphatic heterocycles. The smallest absolute Gasteiger partial charge is 0.356 e. The summed E-state index contributed by atoms with van der Waals surface area (Å²) in [6.07, 6.45) is 3.34. The quantitative estimate of drug-likeness (QED) is 0.506. The highest BCUT2D eigenvalue weighted by Gasteiger charge is 2.34. The molecular formula is C17H20N5O4P. The molecule has 27 heavy (non-hydrogen) atoms. The number of rotatable bonds is 6. The summed E-state index contributed by atoms with van der Waals surface area (Å²) in [5.41, 5.74) is 7.94. The normalized spacial score (nSPS) is 22.9. The van der Waals surface area contributed by atoms with Gasteiger partial charge in [-0.2, -0.15) is 0 Å². The van der Waals surface area contributed by atoms with Crippen LogP contribution in [0, 0.1) is 0 Å². The molecule has 0 unspecified atom stereocenters. The zero-order chi connectivity index (χ0) is 18.7. The summed E-state index contributed by atoms with van der Waals surface area (Å²) in [5, 5.41) is 0. The maximum atomic E-state index is 12.8. The Bertz CT molecular complexity index is 964. The van der Waals surface area contributed by atoms with Crippen molar-refractivity contribution in [2.24, 2.45) is 0 Å². The Balaban J connectivity index is 1.33. The van der Waals surface area contributed by atoms with Crippen LogP contribution < -0.4 is 5.73 Å². The van der Waals surface area contributed by atoms with E-state index >= 15 is 0 Å². The molecule has 2 N–H and O–H groups in total. The molecule has 1 aromatic carbocycles. The van der Waals surface area contributed by atoms with Gasteiger partial charge >= 0.3 is 7.60 Å². The Kier molecular flexibility index (Phi) is 5.18. The predicted molar refractivity (Wildman–Crippen MR) is 99.0 cm³/mol. The zero-order valence-corrected chi connectivity index (χ0v) is 15.5. The summed E-state index contributed by atoms with van der Waals surface area (Å²) in [5.74, 6) is 0.333. The third-order valence-corrected chi connectivity index (χ3v) is 5.93. The van der Waals surface area contributed by atoms with E-state index in [2.05, 4.69) is 15.0 Å². The van der Waals surface area contributed by atoms with E-state index in [1.165, 1.54) is 6.33 Å². The van der Waals surface area contributed by atoms with Crippen LogP contribution in [0.15, 0.2) is 43.0 Å². The molecule has 0 spiro atoms. The first-order valence-corrected chi connectivity index (χ1v) is 10.3. The van der Waals surface area contributed by atoms with Crippen molar-refractivity contribution in [3.63, 3.8) is 0 Å². The van der Waals surface area contributed by atoms with Crippen molar-refractivity contribution in [1.29, 1.82) is 0 Å². The van der Waals surface area contributed by atoms with Gasteiger partial charge in [0.2, 0.25) is 0 Å². The fraction of sp³-hybridized carbons (Fsp3) is 0.353. The highest BCUT2D eigenvalue weighted by molar-refractivity contribution is 7.53. The number of hydrogen-bond acceptors (Lipinski definition) is 8. The van der Waals surface area contributed by atoms with Gasteiger partial charge in [0.15, 0.2) is 11.5 Å². The van der Waals surface area contributed by atoms with E-state index in [1.54, 1.807) is 10.9 Å². The van der Waals surface area contributed by atoms with Crippen LogP contribution in [-0.2, 0) is 24.9 Å². The molecule has 0 amide bonds. The van der Waals surface area contributed by atoms with Gasteiger partial charge in [-0.05, 0) is 5.56 Å². The van der Waals surface area contributed by atoms with Gasteiger partial charge in [-0.15, -0.1) is 0 Å². The highest BCUT2D eigenvalue weighted by Crippen LogP contribution is 2.55. The van der Waals surface area contributed by atoms with Crippen molar-refractivity contribution < 1.29 is 18.3 Å². The van der Waals surface area contributed by atoms with Crippen LogP contribution in [0.2, 0.25) is 0 Å². The van der Waals surface area contributed by atoms with Crippen LogP contribution in [0.1, 0.15) is 18.1 Å². The number of imidazole rings is 1. The first-order chi connectivity index (χ1) is 13.1. The summed E-state index contributed by atoms with van der Waals surface area (Å²) in [6.45, 7) is 1.17. The molecule has 1 aliphatic rings. The maximum Gasteiger partial charge on any atom is 0.356 e. The van der Waals surface area contributed by atoms with Crippen LogP contribution in [0.3, 0.4) is 0 Å². The summed E-state index contributed by atoms with van der Waals surface area (Å²) >= 11 is 0. The fourth-order valence-electron chi connectivity index (χ4n) is 2.94. The average Bonchev–Trinajstić information content (AvgIpc) is 3.11. The van der Waals surface area contributed by atoms with E-state index < -0.39 is 7.60 Å². The average molecular weight is 389 g/mol. The van der Waals surface area contributed by atoms with Gasteiger partial charge in [0.05, 0.1) is 25.6 Å². The lowest BCUT2D eigenvalue weighted by atomic mass is 10.1. The minimum Gasteiger partial charge on any atom is -0.382 e. The SMILES string of the molecule is Nc1ncnc2c1ncn2CCOC[P@@]1(=O)OCC[C@H](c2ccccc2)O1. The number of ether oxygens (including phenoxy) is 1. The Morgan fingerprint density at radius 1 is 1.26 bits per heavy atom. The highest BCUT2D eigenvalue weighted by atomic mass is 31.2. The van der Waals surface area contributed by atoms with E-state index in [4.69, 9.17) is 19.5 Å². The molecule has 0 aliphatic carbocycles. The third kappa shape index (κ3) is 4.01. The van der Waals surface area contributed by atoms with Gasteiger partial charge in [0.1, 0.15) is 18.2 Å². The lowest BCUT2D eigenvalue weighted by Gasteiger charge is -2.29. The van der Waals surface area contributed by atoms with Crippen LogP contribution in [0.5, 0.6) is 0 Å². The van der Waals surface area contributed by atoms with Crippen molar-refractivity contribution in [1.82, 2.24) is 19.5 Å². The van der Waals surface area contributed by atoms with Gasteiger partial charge < -0.3 is 19.6 Å². The number of nitrogens with two attached hydrogens (primary N) is 1. The Morgan fingerprint density at radius 3 is 2.96 bits per heavy atom. The van der Waals surface area contributed by atoms with E-state index in [0.29, 0.717) is 43.2 Å². The second-order valence-corrected chi connectivity index (χ2v) is 8.09. The Hall–Kier alpha value is -2.32. The second-order valence-electron chi connectivity index (χ2n) is 6.14. The number of fused-ring (bicyclic) bond motifs is 1. The van der Waals surface area contributed by atoms with Gasteiger partial charge in [0.25, 0.3) is 0 Å². The number of hydrogen-bond donors (Lipinski definition) is 1. The van der Waals surface area contributed by atoms with Crippen molar-refractivity contribution in [2.45, 2.75) is 19.1 Å². The molecule has 2 atom stereocenters. The van der Waals surface area contributed by atoms with Crippen LogP contribution in [0.4, 0.5) is 5.82 Å². The van der Waals surface area contributed by atoms with E-state index in [9.17, 15) is 4.57 Å². The number of anilines is 1. The minimum absolute atomic E-state index is 0.0971. The van der Waals surface area contributed by atoms with Gasteiger partial charge in [-0.3, -0.25) is 9.09 Å². The number of nitrogens with zero attached hydrogens (tertiary/aromatic N) is 4. The first kappa shape index (κ1) is 18.1. The fourth-order valence-corrected chi connectivity index (χ4v) is 4.49. The molecule has 1 fully saturated rings. The molecule has 10 heteroatoms. The Labute approximate surface area is 156 Å². The van der Waals surface area contributed by atoms with Crippen LogP contribution in [-0.4, -0.2) is 39.1 Å². The molecule has 3 heterocycles. The summed E-state index contributed by atoms with van der Waals surface area (Å²) in [4.78, 5) is 12.3. The van der Waals surface area contributed by atoms with Gasteiger partial charge in [-0.25, -0.2) is 15.0 Å². The van der Waals surface area contributed by atoms with E-state index in [1.807, 2.05) is 30.3 Å². The second kappa shape index (κ2) is 7.74. The standard InChI is InChI=1S/C17H20N5O4P/c18-16-15-17(20-10-19-16)22(11-21-15)7-9-24-12-27(23)25-8-6-14(26-27)13-4-2-1-3-5-13/h1-5,10-11,14H,6-9,12H2,(H2,18,19,20)/t14-,27-/m1/s1. The molecule has 3 aromatic rings. The van der Waals surface area contributed by atoms with Gasteiger partial charge in [-0.1, -0.05) is 30.3 Å². The first-order valence-electron chi connectivity index (χ1n) is 8.61. The monoisotopic (exact) mass is 389 g/mol. The molecule has 1 saturated heterocycles. The van der Waals surface area contributed by atoms with Crippen molar-refractivity contribution >= 4 is 24.6 Å². The van der Waals surface area contributed by atoms with Crippen molar-refractivity contribution in [3.05, 3.63) is 48.5 Å².